The molecule has 0 radical (unpaired) electrons. The fourth-order valence-electron chi connectivity index (χ4n) is 1.74. The minimum Gasteiger partial charge on any atom is -0.507 e. The molecule has 0 atom stereocenters. The molecule has 2 rings (SSSR count). The minimum absolute atomic E-state index is 0.00698. The molecule has 0 fully saturated rings. The van der Waals surface area contributed by atoms with E-state index in [1.54, 1.807) is 25.1 Å². The van der Waals surface area contributed by atoms with Crippen molar-refractivity contribution in [3.63, 3.8) is 0 Å². The zero-order chi connectivity index (χ0) is 15.6. The first kappa shape index (κ1) is 14.9. The third-order valence-corrected chi connectivity index (χ3v) is 3.77. The maximum absolute atomic E-state index is 11.1. The predicted octanol–water partition coefficient (Wildman–Crippen LogP) is 3.46. The van der Waals surface area contributed by atoms with E-state index in [0.717, 1.165) is 4.90 Å². The summed E-state index contributed by atoms with van der Waals surface area (Å²) < 4.78 is 0. The van der Waals surface area contributed by atoms with Gasteiger partial charge in [0.2, 0.25) is 0 Å². The van der Waals surface area contributed by atoms with Crippen molar-refractivity contribution in [1.29, 1.82) is 0 Å². The standard InChI is InChI=1S/C14H11NO5S/c1-8-6-11(7-12(13(8)16)14(17)18)21-10-4-2-9(3-5-10)15(19)20/h2-7,16H,1H3,(H,17,18). The summed E-state index contributed by atoms with van der Waals surface area (Å²) in [6.07, 6.45) is 0. The zero-order valence-electron chi connectivity index (χ0n) is 10.9. The van der Waals surface area contributed by atoms with Gasteiger partial charge in [-0.15, -0.1) is 0 Å². The molecule has 7 heteroatoms. The SMILES string of the molecule is Cc1cc(Sc2ccc([N+](=O)[O-])cc2)cc(C(=O)O)c1O. The minimum atomic E-state index is -1.21. The smallest absolute Gasteiger partial charge is 0.339 e. The third-order valence-electron chi connectivity index (χ3n) is 2.79. The van der Waals surface area contributed by atoms with Gasteiger partial charge in [0, 0.05) is 21.9 Å². The van der Waals surface area contributed by atoms with E-state index in [1.165, 1.54) is 30.0 Å². The number of aryl methyl sites for hydroxylation is 1. The number of carboxylic acids is 1. The Morgan fingerprint density at radius 3 is 2.33 bits per heavy atom. The van der Waals surface area contributed by atoms with Crippen LogP contribution in [-0.2, 0) is 0 Å². The molecule has 0 aliphatic carbocycles. The molecule has 0 heterocycles. The van der Waals surface area contributed by atoms with Gasteiger partial charge in [0.25, 0.3) is 5.69 Å². The zero-order valence-corrected chi connectivity index (χ0v) is 11.8. The van der Waals surface area contributed by atoms with Gasteiger partial charge in [-0.2, -0.15) is 0 Å². The largest absolute Gasteiger partial charge is 0.507 e. The number of hydrogen-bond acceptors (Lipinski definition) is 5. The van der Waals surface area contributed by atoms with E-state index in [-0.39, 0.29) is 17.0 Å². The molecule has 0 unspecified atom stereocenters. The Balaban J connectivity index is 2.31. The number of rotatable bonds is 4. The molecule has 0 aromatic heterocycles. The summed E-state index contributed by atoms with van der Waals surface area (Å²) in [5, 5.41) is 29.3. The van der Waals surface area contributed by atoms with Gasteiger partial charge in [-0.05, 0) is 36.8 Å². The summed E-state index contributed by atoms with van der Waals surface area (Å²) in [6, 6.07) is 8.98. The van der Waals surface area contributed by atoms with Crippen molar-refractivity contribution in [3.8, 4) is 5.75 Å². The highest BCUT2D eigenvalue weighted by atomic mass is 32.2. The number of phenols is 1. The molecule has 2 aromatic rings. The summed E-state index contributed by atoms with van der Waals surface area (Å²) in [5.41, 5.74) is 0.284. The van der Waals surface area contributed by atoms with Crippen LogP contribution in [0.3, 0.4) is 0 Å². The van der Waals surface area contributed by atoms with Crippen LogP contribution in [0.5, 0.6) is 5.75 Å². The van der Waals surface area contributed by atoms with E-state index in [2.05, 4.69) is 0 Å². The van der Waals surface area contributed by atoms with Gasteiger partial charge in [-0.3, -0.25) is 10.1 Å². The number of nitro groups is 1. The van der Waals surface area contributed by atoms with Crippen LogP contribution in [0.2, 0.25) is 0 Å². The van der Waals surface area contributed by atoms with E-state index >= 15 is 0 Å². The van der Waals surface area contributed by atoms with Crippen molar-refractivity contribution < 1.29 is 19.9 Å². The Morgan fingerprint density at radius 1 is 1.19 bits per heavy atom. The second-order valence-corrected chi connectivity index (χ2v) is 5.44. The number of benzene rings is 2. The summed E-state index contributed by atoms with van der Waals surface area (Å²) >= 11 is 1.27. The normalized spacial score (nSPS) is 10.3. The molecular weight excluding hydrogens is 294 g/mol. The Hall–Kier alpha value is -2.54. The molecule has 2 N–H and O–H groups in total. The number of aromatic carboxylic acids is 1. The van der Waals surface area contributed by atoms with Crippen LogP contribution in [0.15, 0.2) is 46.2 Å². The van der Waals surface area contributed by atoms with Gasteiger partial charge in [0.1, 0.15) is 11.3 Å². The molecule has 0 aliphatic heterocycles. The molecule has 0 spiro atoms. The van der Waals surface area contributed by atoms with Crippen LogP contribution in [0.1, 0.15) is 15.9 Å². The molecule has 0 amide bonds. The highest BCUT2D eigenvalue weighted by Gasteiger charge is 2.14. The highest BCUT2D eigenvalue weighted by molar-refractivity contribution is 7.99. The van der Waals surface area contributed by atoms with Crippen LogP contribution in [0.25, 0.3) is 0 Å². The molecule has 108 valence electrons. The second-order valence-electron chi connectivity index (χ2n) is 4.29. The Kier molecular flexibility index (Phi) is 4.13. The summed E-state index contributed by atoms with van der Waals surface area (Å²) in [6.45, 7) is 1.61. The number of nitrogens with zero attached hydrogens (tertiary/aromatic N) is 1. The first-order chi connectivity index (χ1) is 9.88. The maximum Gasteiger partial charge on any atom is 0.339 e. The van der Waals surface area contributed by atoms with Crippen molar-refractivity contribution in [2.75, 3.05) is 0 Å². The van der Waals surface area contributed by atoms with Gasteiger partial charge in [-0.1, -0.05) is 11.8 Å². The quantitative estimate of drug-likeness (QED) is 0.662. The molecule has 2 aromatic carbocycles. The van der Waals surface area contributed by atoms with Gasteiger partial charge in [0.15, 0.2) is 0 Å². The van der Waals surface area contributed by atoms with Crippen LogP contribution in [0.4, 0.5) is 5.69 Å². The summed E-state index contributed by atoms with van der Waals surface area (Å²) in [4.78, 5) is 22.5. The third kappa shape index (κ3) is 3.32. The maximum atomic E-state index is 11.1. The number of aromatic hydroxyl groups is 1. The number of hydrogen-bond donors (Lipinski definition) is 2. The van der Waals surface area contributed by atoms with E-state index in [4.69, 9.17) is 5.11 Å². The van der Waals surface area contributed by atoms with Crippen LogP contribution in [-0.4, -0.2) is 21.1 Å². The Bertz CT molecular complexity index is 712. The number of non-ortho nitro benzene ring substituents is 1. The number of nitro benzene ring substituents is 1. The highest BCUT2D eigenvalue weighted by Crippen LogP contribution is 2.34. The predicted molar refractivity (Wildman–Crippen MR) is 77.0 cm³/mol. The number of carboxylic acid groups (broad SMARTS) is 1. The van der Waals surface area contributed by atoms with Crippen molar-refractivity contribution in [2.45, 2.75) is 16.7 Å². The average Bonchev–Trinajstić information content (AvgIpc) is 2.43. The van der Waals surface area contributed by atoms with Crippen molar-refractivity contribution >= 4 is 23.4 Å². The monoisotopic (exact) mass is 305 g/mol. The van der Waals surface area contributed by atoms with E-state index in [9.17, 15) is 20.0 Å². The van der Waals surface area contributed by atoms with E-state index < -0.39 is 10.9 Å². The fraction of sp³-hybridized carbons (Fsp3) is 0.0714. The van der Waals surface area contributed by atoms with Gasteiger partial charge in [-0.25, -0.2) is 4.79 Å². The molecule has 0 aliphatic rings. The molecule has 0 saturated heterocycles. The summed E-state index contributed by atoms with van der Waals surface area (Å²) in [5.74, 6) is -1.46. The molecule has 0 bridgehead atoms. The topological polar surface area (TPSA) is 101 Å². The molecule has 6 nitrogen and oxygen atoms in total. The van der Waals surface area contributed by atoms with Crippen LogP contribution >= 0.6 is 11.8 Å². The number of carbonyl (C=O) groups is 1. The summed E-state index contributed by atoms with van der Waals surface area (Å²) in [7, 11) is 0. The lowest BCUT2D eigenvalue weighted by atomic mass is 10.1. The fourth-order valence-corrected chi connectivity index (χ4v) is 2.70. The Morgan fingerprint density at radius 2 is 1.81 bits per heavy atom. The average molecular weight is 305 g/mol. The molecule has 0 saturated carbocycles. The second kappa shape index (κ2) is 5.84. The lowest BCUT2D eigenvalue weighted by Gasteiger charge is -2.08. The lowest BCUT2D eigenvalue weighted by Crippen LogP contribution is -1.98. The van der Waals surface area contributed by atoms with Gasteiger partial charge in [0.05, 0.1) is 4.92 Å². The van der Waals surface area contributed by atoms with Crippen LogP contribution < -0.4 is 0 Å². The lowest BCUT2D eigenvalue weighted by molar-refractivity contribution is -0.384. The van der Waals surface area contributed by atoms with Crippen molar-refractivity contribution in [3.05, 3.63) is 57.6 Å². The van der Waals surface area contributed by atoms with E-state index in [0.29, 0.717) is 10.5 Å². The Labute approximate surface area is 124 Å². The van der Waals surface area contributed by atoms with Gasteiger partial charge >= 0.3 is 5.97 Å². The van der Waals surface area contributed by atoms with E-state index in [1.807, 2.05) is 0 Å². The van der Waals surface area contributed by atoms with Crippen molar-refractivity contribution in [1.82, 2.24) is 0 Å². The van der Waals surface area contributed by atoms with Gasteiger partial charge < -0.3 is 10.2 Å². The molecular formula is C14H11NO5S. The van der Waals surface area contributed by atoms with Crippen LogP contribution in [0, 0.1) is 17.0 Å². The molecule has 21 heavy (non-hydrogen) atoms. The first-order valence-electron chi connectivity index (χ1n) is 5.87. The first-order valence-corrected chi connectivity index (χ1v) is 6.69. The van der Waals surface area contributed by atoms with Crippen molar-refractivity contribution in [2.24, 2.45) is 0 Å².